The molecule has 0 aliphatic carbocycles. The highest BCUT2D eigenvalue weighted by Crippen LogP contribution is 2.23. The summed E-state index contributed by atoms with van der Waals surface area (Å²) >= 11 is 0. The molecule has 0 bridgehead atoms. The largest absolute Gasteiger partial charge is 0.394 e. The minimum Gasteiger partial charge on any atom is -0.394 e. The molecule has 0 spiro atoms. The molecule has 0 aromatic rings. The standard InChI is InChI=1S/C12H28N2O/c1-10(11(2,3)4)14(6)8-7-12(5,13)9-15/h10,15H,7-9,13H2,1-6H3. The van der Waals surface area contributed by atoms with Crippen molar-refractivity contribution in [2.75, 3.05) is 20.2 Å². The number of aliphatic hydroxyl groups is 1. The first kappa shape index (κ1) is 14.9. The second-order valence-corrected chi connectivity index (χ2v) is 6.08. The van der Waals surface area contributed by atoms with E-state index in [0.29, 0.717) is 6.04 Å². The van der Waals surface area contributed by atoms with Gasteiger partial charge in [0.15, 0.2) is 0 Å². The van der Waals surface area contributed by atoms with Crippen LogP contribution in [0.15, 0.2) is 0 Å². The molecule has 3 heteroatoms. The van der Waals surface area contributed by atoms with Crippen molar-refractivity contribution in [3.05, 3.63) is 0 Å². The minimum atomic E-state index is -0.453. The summed E-state index contributed by atoms with van der Waals surface area (Å²) in [6.45, 7) is 11.8. The lowest BCUT2D eigenvalue weighted by atomic mass is 9.86. The Bertz CT molecular complexity index is 185. The lowest BCUT2D eigenvalue weighted by Crippen LogP contribution is -2.46. The van der Waals surface area contributed by atoms with Crippen LogP contribution in [0.4, 0.5) is 0 Å². The highest BCUT2D eigenvalue weighted by Gasteiger charge is 2.25. The first-order valence-corrected chi connectivity index (χ1v) is 5.70. The van der Waals surface area contributed by atoms with Gasteiger partial charge in [-0.05, 0) is 39.3 Å². The molecule has 2 atom stereocenters. The lowest BCUT2D eigenvalue weighted by molar-refractivity contribution is 0.119. The number of nitrogens with two attached hydrogens (primary N) is 1. The third-order valence-electron chi connectivity index (χ3n) is 3.31. The van der Waals surface area contributed by atoms with Gasteiger partial charge in [0.05, 0.1) is 6.61 Å². The van der Waals surface area contributed by atoms with Gasteiger partial charge in [0.25, 0.3) is 0 Å². The van der Waals surface area contributed by atoms with Crippen molar-refractivity contribution in [3.63, 3.8) is 0 Å². The number of nitrogens with zero attached hydrogens (tertiary/aromatic N) is 1. The van der Waals surface area contributed by atoms with Crippen LogP contribution in [0.2, 0.25) is 0 Å². The molecule has 0 aromatic heterocycles. The Morgan fingerprint density at radius 1 is 1.27 bits per heavy atom. The van der Waals surface area contributed by atoms with Crippen LogP contribution in [0.25, 0.3) is 0 Å². The Kier molecular flexibility index (Phi) is 5.24. The number of aliphatic hydroxyl groups excluding tert-OH is 1. The Morgan fingerprint density at radius 2 is 1.73 bits per heavy atom. The first-order chi connectivity index (χ1) is 6.60. The minimum absolute atomic E-state index is 0.0464. The third kappa shape index (κ3) is 5.50. The SMILES string of the molecule is CC(N(C)CCC(C)(N)CO)C(C)(C)C. The molecule has 0 saturated heterocycles. The maximum absolute atomic E-state index is 9.06. The van der Waals surface area contributed by atoms with Crippen molar-refractivity contribution in [3.8, 4) is 0 Å². The fraction of sp³-hybridized carbons (Fsp3) is 1.00. The summed E-state index contributed by atoms with van der Waals surface area (Å²) in [5.41, 5.74) is 5.72. The van der Waals surface area contributed by atoms with Crippen LogP contribution < -0.4 is 5.73 Å². The molecule has 0 fully saturated rings. The van der Waals surface area contributed by atoms with E-state index < -0.39 is 5.54 Å². The van der Waals surface area contributed by atoms with E-state index >= 15 is 0 Å². The van der Waals surface area contributed by atoms with Gasteiger partial charge in [0, 0.05) is 11.6 Å². The molecule has 0 aliphatic heterocycles. The normalized spacial score (nSPS) is 19.0. The highest BCUT2D eigenvalue weighted by molar-refractivity contribution is 4.82. The molecule has 0 aromatic carbocycles. The fourth-order valence-corrected chi connectivity index (χ4v) is 1.37. The van der Waals surface area contributed by atoms with Crippen LogP contribution in [0, 0.1) is 5.41 Å². The van der Waals surface area contributed by atoms with Gasteiger partial charge in [-0.2, -0.15) is 0 Å². The van der Waals surface area contributed by atoms with Gasteiger partial charge in [-0.15, -0.1) is 0 Å². The zero-order valence-electron chi connectivity index (χ0n) is 11.2. The average Bonchev–Trinajstić information content (AvgIpc) is 2.11. The van der Waals surface area contributed by atoms with Crippen LogP contribution in [-0.4, -0.2) is 41.8 Å². The van der Waals surface area contributed by atoms with Gasteiger partial charge < -0.3 is 15.7 Å². The van der Waals surface area contributed by atoms with Gasteiger partial charge in [-0.1, -0.05) is 20.8 Å². The van der Waals surface area contributed by atoms with Gasteiger partial charge in [0.2, 0.25) is 0 Å². The van der Waals surface area contributed by atoms with Crippen LogP contribution in [0.1, 0.15) is 41.0 Å². The van der Waals surface area contributed by atoms with E-state index in [1.807, 2.05) is 6.92 Å². The average molecular weight is 216 g/mol. The summed E-state index contributed by atoms with van der Waals surface area (Å²) in [4.78, 5) is 2.31. The predicted molar refractivity (Wildman–Crippen MR) is 65.8 cm³/mol. The van der Waals surface area contributed by atoms with E-state index in [-0.39, 0.29) is 12.0 Å². The van der Waals surface area contributed by atoms with E-state index in [2.05, 4.69) is 39.6 Å². The number of hydrogen-bond acceptors (Lipinski definition) is 3. The first-order valence-electron chi connectivity index (χ1n) is 5.70. The van der Waals surface area contributed by atoms with Gasteiger partial charge in [-0.3, -0.25) is 0 Å². The summed E-state index contributed by atoms with van der Waals surface area (Å²) in [6, 6.07) is 0.506. The molecule has 15 heavy (non-hydrogen) atoms. The lowest BCUT2D eigenvalue weighted by Gasteiger charge is -2.36. The second kappa shape index (κ2) is 5.28. The van der Waals surface area contributed by atoms with Crippen molar-refractivity contribution < 1.29 is 5.11 Å². The molecule has 92 valence electrons. The molecule has 0 heterocycles. The summed E-state index contributed by atoms with van der Waals surface area (Å²) in [7, 11) is 2.11. The highest BCUT2D eigenvalue weighted by atomic mass is 16.3. The monoisotopic (exact) mass is 216 g/mol. The van der Waals surface area contributed by atoms with Gasteiger partial charge in [0.1, 0.15) is 0 Å². The predicted octanol–water partition coefficient (Wildman–Crippen LogP) is 1.45. The molecule has 3 nitrogen and oxygen atoms in total. The summed E-state index contributed by atoms with van der Waals surface area (Å²) in [5, 5.41) is 9.06. The fourth-order valence-electron chi connectivity index (χ4n) is 1.37. The molecule has 2 unspecified atom stereocenters. The van der Waals surface area contributed by atoms with E-state index in [9.17, 15) is 0 Å². The molecule has 0 saturated carbocycles. The zero-order valence-corrected chi connectivity index (χ0v) is 11.2. The number of hydrogen-bond donors (Lipinski definition) is 2. The molecule has 3 N–H and O–H groups in total. The summed E-state index contributed by atoms with van der Waals surface area (Å²) in [6.07, 6.45) is 0.820. The Balaban J connectivity index is 4.10. The van der Waals surface area contributed by atoms with Crippen molar-refractivity contribution >= 4 is 0 Å². The molecular weight excluding hydrogens is 188 g/mol. The van der Waals surface area contributed by atoms with Crippen molar-refractivity contribution in [2.24, 2.45) is 11.1 Å². The Labute approximate surface area is 94.6 Å². The van der Waals surface area contributed by atoms with Crippen molar-refractivity contribution in [1.82, 2.24) is 4.90 Å². The van der Waals surface area contributed by atoms with E-state index in [4.69, 9.17) is 10.8 Å². The zero-order chi connectivity index (χ0) is 12.3. The number of rotatable bonds is 5. The molecule has 0 radical (unpaired) electrons. The smallest absolute Gasteiger partial charge is 0.0608 e. The Hall–Kier alpha value is -0.120. The van der Waals surface area contributed by atoms with E-state index in [0.717, 1.165) is 13.0 Å². The molecule has 0 aliphatic rings. The van der Waals surface area contributed by atoms with E-state index in [1.54, 1.807) is 0 Å². The molecule has 0 rings (SSSR count). The Morgan fingerprint density at radius 3 is 2.07 bits per heavy atom. The van der Waals surface area contributed by atoms with Gasteiger partial charge in [-0.25, -0.2) is 0 Å². The van der Waals surface area contributed by atoms with Crippen LogP contribution in [0.5, 0.6) is 0 Å². The summed E-state index contributed by atoms with van der Waals surface area (Å²) < 4.78 is 0. The second-order valence-electron chi connectivity index (χ2n) is 6.08. The molecular formula is C12H28N2O. The third-order valence-corrected chi connectivity index (χ3v) is 3.31. The quantitative estimate of drug-likeness (QED) is 0.731. The molecule has 0 amide bonds. The maximum atomic E-state index is 9.06. The van der Waals surface area contributed by atoms with Crippen LogP contribution >= 0.6 is 0 Å². The maximum Gasteiger partial charge on any atom is 0.0608 e. The van der Waals surface area contributed by atoms with Crippen LogP contribution in [0.3, 0.4) is 0 Å². The topological polar surface area (TPSA) is 49.5 Å². The van der Waals surface area contributed by atoms with E-state index in [1.165, 1.54) is 0 Å². The van der Waals surface area contributed by atoms with Gasteiger partial charge >= 0.3 is 0 Å². The van der Waals surface area contributed by atoms with Crippen LogP contribution in [-0.2, 0) is 0 Å². The van der Waals surface area contributed by atoms with Crippen molar-refractivity contribution in [1.29, 1.82) is 0 Å². The summed E-state index contributed by atoms with van der Waals surface area (Å²) in [5.74, 6) is 0. The van der Waals surface area contributed by atoms with Crippen molar-refractivity contribution in [2.45, 2.75) is 52.6 Å².